The highest BCUT2D eigenvalue weighted by Crippen LogP contribution is 2.45. The molecule has 0 unspecified atom stereocenters. The summed E-state index contributed by atoms with van der Waals surface area (Å²) in [6.45, 7) is 16.4. The zero-order valence-electron chi connectivity index (χ0n) is 13.6. The van der Waals surface area contributed by atoms with Gasteiger partial charge in [0.25, 0.3) is 0 Å². The molecule has 3 nitrogen and oxygen atoms in total. The van der Waals surface area contributed by atoms with Crippen molar-refractivity contribution in [3.63, 3.8) is 0 Å². The van der Waals surface area contributed by atoms with Crippen LogP contribution in [-0.2, 0) is 0 Å². The van der Waals surface area contributed by atoms with Crippen molar-refractivity contribution in [2.45, 2.75) is 39.5 Å². The first-order chi connectivity index (χ1) is 9.73. The van der Waals surface area contributed by atoms with Gasteiger partial charge in [-0.05, 0) is 50.1 Å². The molecular weight excluding hydrogens is 246 g/mol. The van der Waals surface area contributed by atoms with Gasteiger partial charge in [0.2, 0.25) is 0 Å². The van der Waals surface area contributed by atoms with Gasteiger partial charge in [0, 0.05) is 45.8 Å². The molecule has 3 heteroatoms. The third-order valence-corrected chi connectivity index (χ3v) is 6.16. The Bertz CT molecular complexity index is 293. The molecule has 0 bridgehead atoms. The third-order valence-electron chi connectivity index (χ3n) is 6.16. The molecule has 0 aromatic carbocycles. The average Bonchev–Trinajstić information content (AvgIpc) is 2.46. The molecule has 0 aromatic heterocycles. The van der Waals surface area contributed by atoms with Gasteiger partial charge in [0.05, 0.1) is 0 Å². The molecule has 0 N–H and O–H groups in total. The second kappa shape index (κ2) is 6.33. The zero-order valence-corrected chi connectivity index (χ0v) is 13.6. The molecule has 2 saturated heterocycles. The van der Waals surface area contributed by atoms with Crippen LogP contribution in [0, 0.1) is 11.3 Å². The Morgan fingerprint density at radius 3 is 1.90 bits per heavy atom. The molecule has 3 rings (SSSR count). The highest BCUT2D eigenvalue weighted by atomic mass is 15.3. The van der Waals surface area contributed by atoms with Crippen molar-refractivity contribution in [1.29, 1.82) is 0 Å². The summed E-state index contributed by atoms with van der Waals surface area (Å²) in [5, 5.41) is 0. The minimum absolute atomic E-state index is 0.743. The first kappa shape index (κ1) is 14.8. The summed E-state index contributed by atoms with van der Waals surface area (Å²) in [5.74, 6) is 0.990. The normalized spacial score (nSPS) is 29.7. The summed E-state index contributed by atoms with van der Waals surface area (Å²) in [7, 11) is 0. The van der Waals surface area contributed by atoms with Gasteiger partial charge in [-0.1, -0.05) is 13.8 Å². The van der Waals surface area contributed by atoms with Gasteiger partial charge >= 0.3 is 0 Å². The van der Waals surface area contributed by atoms with E-state index in [2.05, 4.69) is 28.5 Å². The first-order valence-electron chi connectivity index (χ1n) is 8.90. The molecule has 0 amide bonds. The Hall–Kier alpha value is -0.120. The van der Waals surface area contributed by atoms with Gasteiger partial charge in [0.15, 0.2) is 0 Å². The predicted octanol–water partition coefficient (Wildman–Crippen LogP) is 2.14. The molecule has 3 fully saturated rings. The Kier molecular flexibility index (Phi) is 4.68. The van der Waals surface area contributed by atoms with E-state index in [0.717, 1.165) is 11.3 Å². The molecule has 0 atom stereocenters. The number of piperazine rings is 1. The van der Waals surface area contributed by atoms with E-state index in [1.807, 2.05) is 0 Å². The molecule has 2 aliphatic heterocycles. The van der Waals surface area contributed by atoms with Crippen LogP contribution in [0.5, 0.6) is 0 Å². The van der Waals surface area contributed by atoms with E-state index < -0.39 is 0 Å². The fourth-order valence-electron chi connectivity index (χ4n) is 4.57. The number of likely N-dealkylation sites (tertiary alicyclic amines) is 1. The van der Waals surface area contributed by atoms with Crippen LogP contribution in [0.3, 0.4) is 0 Å². The number of nitrogens with zero attached hydrogens (tertiary/aromatic N) is 3. The fourth-order valence-corrected chi connectivity index (χ4v) is 4.57. The average molecular weight is 279 g/mol. The fraction of sp³-hybridized carbons (Fsp3) is 1.00. The molecule has 1 saturated carbocycles. The Morgan fingerprint density at radius 1 is 0.800 bits per heavy atom. The summed E-state index contributed by atoms with van der Waals surface area (Å²) in [6, 6.07) is 0. The third kappa shape index (κ3) is 3.20. The Labute approximate surface area is 125 Å². The molecule has 0 aromatic rings. The van der Waals surface area contributed by atoms with Gasteiger partial charge in [-0.15, -0.1) is 0 Å². The lowest BCUT2D eigenvalue weighted by atomic mass is 9.66. The topological polar surface area (TPSA) is 9.72 Å². The molecule has 3 aliphatic rings. The lowest BCUT2D eigenvalue weighted by Gasteiger charge is -2.54. The molecule has 116 valence electrons. The van der Waals surface area contributed by atoms with Crippen molar-refractivity contribution >= 4 is 0 Å². The number of rotatable bonds is 4. The Balaban J connectivity index is 1.37. The van der Waals surface area contributed by atoms with Crippen LogP contribution in [0.25, 0.3) is 0 Å². The van der Waals surface area contributed by atoms with E-state index in [9.17, 15) is 0 Å². The van der Waals surface area contributed by atoms with Crippen LogP contribution in [-0.4, -0.2) is 73.6 Å². The van der Waals surface area contributed by atoms with Crippen molar-refractivity contribution in [3.8, 4) is 0 Å². The van der Waals surface area contributed by atoms with E-state index in [4.69, 9.17) is 0 Å². The largest absolute Gasteiger partial charge is 0.302 e. The van der Waals surface area contributed by atoms with Gasteiger partial charge in [-0.2, -0.15) is 0 Å². The maximum Gasteiger partial charge on any atom is 0.0110 e. The van der Waals surface area contributed by atoms with Crippen LogP contribution < -0.4 is 0 Å². The summed E-state index contributed by atoms with van der Waals surface area (Å²) in [6.07, 6.45) is 5.99. The molecule has 20 heavy (non-hydrogen) atoms. The lowest BCUT2D eigenvalue weighted by Crippen LogP contribution is -2.57. The minimum Gasteiger partial charge on any atom is -0.302 e. The molecule has 1 spiro atoms. The van der Waals surface area contributed by atoms with Crippen LogP contribution >= 0.6 is 0 Å². The molecule has 1 aliphatic carbocycles. The maximum absolute atomic E-state index is 2.73. The minimum atomic E-state index is 0.743. The summed E-state index contributed by atoms with van der Waals surface area (Å²) >= 11 is 0. The smallest absolute Gasteiger partial charge is 0.0110 e. The quantitative estimate of drug-likeness (QED) is 0.780. The highest BCUT2D eigenvalue weighted by Gasteiger charge is 2.44. The van der Waals surface area contributed by atoms with Crippen molar-refractivity contribution in [2.75, 3.05) is 58.9 Å². The monoisotopic (exact) mass is 279 g/mol. The number of likely N-dealkylation sites (N-methyl/N-ethyl adjacent to an activating group) is 1. The lowest BCUT2D eigenvalue weighted by molar-refractivity contribution is -0.0386. The predicted molar refractivity (Wildman–Crippen MR) is 85.1 cm³/mol. The van der Waals surface area contributed by atoms with Crippen LogP contribution in [0.15, 0.2) is 0 Å². The second-order valence-corrected chi connectivity index (χ2v) is 7.48. The van der Waals surface area contributed by atoms with Gasteiger partial charge in [-0.3, -0.25) is 0 Å². The number of hydrogen-bond donors (Lipinski definition) is 0. The van der Waals surface area contributed by atoms with E-state index in [0.29, 0.717) is 0 Å². The van der Waals surface area contributed by atoms with Crippen LogP contribution in [0.2, 0.25) is 0 Å². The standard InChI is InChI=1S/C17H33N3/c1-3-18-9-11-20(12-10-18)13-16-5-7-17(8-6-16)14-19(4-2)15-17/h16H,3-15H2,1-2H3. The molecule has 2 heterocycles. The van der Waals surface area contributed by atoms with E-state index >= 15 is 0 Å². The van der Waals surface area contributed by atoms with Gasteiger partial charge in [-0.25, -0.2) is 0 Å². The van der Waals surface area contributed by atoms with E-state index in [1.54, 1.807) is 0 Å². The SMILES string of the molecule is CCN1CCN(CC2CCC3(CC2)CN(CC)C3)CC1. The summed E-state index contributed by atoms with van der Waals surface area (Å²) < 4.78 is 0. The van der Waals surface area contributed by atoms with E-state index in [1.165, 1.54) is 84.6 Å². The first-order valence-corrected chi connectivity index (χ1v) is 8.90. The van der Waals surface area contributed by atoms with Crippen LogP contribution in [0.4, 0.5) is 0 Å². The molecular formula is C17H33N3. The van der Waals surface area contributed by atoms with Crippen molar-refractivity contribution in [2.24, 2.45) is 11.3 Å². The van der Waals surface area contributed by atoms with Gasteiger partial charge in [0.1, 0.15) is 0 Å². The maximum atomic E-state index is 2.73. The van der Waals surface area contributed by atoms with Crippen LogP contribution in [0.1, 0.15) is 39.5 Å². The summed E-state index contributed by atoms with van der Waals surface area (Å²) in [5.41, 5.74) is 0.743. The van der Waals surface area contributed by atoms with E-state index in [-0.39, 0.29) is 0 Å². The van der Waals surface area contributed by atoms with Crippen molar-refractivity contribution in [1.82, 2.24) is 14.7 Å². The number of hydrogen-bond acceptors (Lipinski definition) is 3. The van der Waals surface area contributed by atoms with Crippen molar-refractivity contribution in [3.05, 3.63) is 0 Å². The molecule has 0 radical (unpaired) electrons. The zero-order chi connectivity index (χ0) is 14.0. The van der Waals surface area contributed by atoms with Crippen molar-refractivity contribution < 1.29 is 0 Å². The summed E-state index contributed by atoms with van der Waals surface area (Å²) in [4.78, 5) is 7.93. The highest BCUT2D eigenvalue weighted by molar-refractivity contribution is 4.97. The Morgan fingerprint density at radius 2 is 1.35 bits per heavy atom. The van der Waals surface area contributed by atoms with Gasteiger partial charge < -0.3 is 14.7 Å². The second-order valence-electron chi connectivity index (χ2n) is 7.48.